The number of para-hydroxylation sites is 2. The zero-order valence-corrected chi connectivity index (χ0v) is 20.0. The number of hydrogen-bond donors (Lipinski definition) is 3. The van der Waals surface area contributed by atoms with Gasteiger partial charge in [-0.2, -0.15) is 0 Å². The molecule has 11 nitrogen and oxygen atoms in total. The highest BCUT2D eigenvalue weighted by Crippen LogP contribution is 2.24. The Morgan fingerprint density at radius 2 is 1.86 bits per heavy atom. The number of carbonyl (C=O) groups excluding carboxylic acids is 1. The number of anilines is 1. The Balaban J connectivity index is 0.000000392. The summed E-state index contributed by atoms with van der Waals surface area (Å²) in [6.45, 7) is 4.30. The molecule has 0 bridgehead atoms. The highest BCUT2D eigenvalue weighted by molar-refractivity contribution is 5.89. The molecule has 0 radical (unpaired) electrons. The molecule has 1 fully saturated rings. The summed E-state index contributed by atoms with van der Waals surface area (Å²) >= 11 is 0. The average Bonchev–Trinajstić information content (AvgIpc) is 3.41. The molecule has 1 saturated heterocycles. The van der Waals surface area contributed by atoms with Gasteiger partial charge < -0.3 is 34.2 Å². The van der Waals surface area contributed by atoms with E-state index < -0.39 is 11.9 Å². The van der Waals surface area contributed by atoms with Crippen molar-refractivity contribution >= 4 is 35.0 Å². The number of carbonyl (C=O) groups is 3. The maximum atomic E-state index is 12.0. The van der Waals surface area contributed by atoms with Gasteiger partial charge >= 0.3 is 18.0 Å². The average molecular weight is 499 g/mol. The predicted octanol–water partition coefficient (Wildman–Crippen LogP) is 3.81. The van der Waals surface area contributed by atoms with Gasteiger partial charge in [-0.1, -0.05) is 12.1 Å². The summed E-state index contributed by atoms with van der Waals surface area (Å²) < 4.78 is 12.9. The Morgan fingerprint density at radius 1 is 1.11 bits per heavy atom. The fraction of sp³-hybridized carbons (Fsp3) is 0.360. The van der Waals surface area contributed by atoms with Crippen LogP contribution in [0, 0.1) is 0 Å². The second-order valence-corrected chi connectivity index (χ2v) is 8.06. The van der Waals surface area contributed by atoms with E-state index in [0.29, 0.717) is 31.8 Å². The monoisotopic (exact) mass is 498 g/mol. The quantitative estimate of drug-likeness (QED) is 0.414. The molecular formula is C25H30N4O7. The molecule has 1 unspecified atom stereocenters. The molecule has 36 heavy (non-hydrogen) atoms. The molecule has 0 aliphatic carbocycles. The van der Waals surface area contributed by atoms with Crippen LogP contribution in [0.5, 0.6) is 0 Å². The molecule has 3 N–H and O–H groups in total. The summed E-state index contributed by atoms with van der Waals surface area (Å²) in [4.78, 5) is 37.7. The second kappa shape index (κ2) is 13.0. The number of nitrogens with zero attached hydrogens (tertiary/aromatic N) is 3. The first-order chi connectivity index (χ1) is 17.4. The highest BCUT2D eigenvalue weighted by Gasteiger charge is 2.23. The number of likely N-dealkylation sites (tertiary alicyclic amines) is 1. The van der Waals surface area contributed by atoms with Crippen LogP contribution in [-0.2, 0) is 20.9 Å². The summed E-state index contributed by atoms with van der Waals surface area (Å²) in [5.41, 5.74) is 2.03. The SMILES string of the molecule is CCOC(=O)N1CCCC(Nc2nc3ccccc3n2Cc2ccco2)CC1.O=C(O)C=CC(=O)O. The number of furan rings is 1. The minimum absolute atomic E-state index is 0.215. The van der Waals surface area contributed by atoms with Crippen molar-refractivity contribution in [3.63, 3.8) is 0 Å². The summed E-state index contributed by atoms with van der Waals surface area (Å²) in [5, 5.41) is 19.2. The van der Waals surface area contributed by atoms with Crippen LogP contribution in [0.1, 0.15) is 31.9 Å². The highest BCUT2D eigenvalue weighted by atomic mass is 16.6. The van der Waals surface area contributed by atoms with Crippen molar-refractivity contribution < 1.29 is 33.8 Å². The molecule has 2 aromatic heterocycles. The summed E-state index contributed by atoms with van der Waals surface area (Å²) in [6.07, 6.45) is 5.38. The summed E-state index contributed by atoms with van der Waals surface area (Å²) in [6, 6.07) is 12.2. The topological polar surface area (TPSA) is 147 Å². The van der Waals surface area contributed by atoms with Crippen LogP contribution in [0.4, 0.5) is 10.7 Å². The van der Waals surface area contributed by atoms with Crippen LogP contribution in [-0.4, -0.2) is 68.4 Å². The van der Waals surface area contributed by atoms with E-state index in [1.54, 1.807) is 11.2 Å². The summed E-state index contributed by atoms with van der Waals surface area (Å²) in [7, 11) is 0. The number of rotatable bonds is 7. The van der Waals surface area contributed by atoms with Crippen molar-refractivity contribution in [2.24, 2.45) is 0 Å². The van der Waals surface area contributed by atoms with Crippen LogP contribution in [0.2, 0.25) is 0 Å². The molecule has 1 amide bonds. The van der Waals surface area contributed by atoms with Gasteiger partial charge in [0.05, 0.1) is 30.4 Å². The van der Waals surface area contributed by atoms with Crippen LogP contribution in [0.15, 0.2) is 59.2 Å². The first-order valence-corrected chi connectivity index (χ1v) is 11.7. The van der Waals surface area contributed by atoms with Crippen molar-refractivity contribution in [2.75, 3.05) is 25.0 Å². The Labute approximate surface area is 208 Å². The number of ether oxygens (including phenoxy) is 1. The lowest BCUT2D eigenvalue weighted by Gasteiger charge is -2.20. The molecule has 0 saturated carbocycles. The molecule has 1 aliphatic heterocycles. The van der Waals surface area contributed by atoms with Crippen LogP contribution >= 0.6 is 0 Å². The molecular weight excluding hydrogens is 468 g/mol. The van der Waals surface area contributed by atoms with Gasteiger partial charge in [-0.15, -0.1) is 0 Å². The number of nitrogens with one attached hydrogen (secondary N) is 1. The lowest BCUT2D eigenvalue weighted by atomic mass is 10.1. The van der Waals surface area contributed by atoms with Crippen LogP contribution in [0.25, 0.3) is 11.0 Å². The first-order valence-electron chi connectivity index (χ1n) is 11.7. The molecule has 4 rings (SSSR count). The molecule has 0 spiro atoms. The number of amides is 1. The fourth-order valence-corrected chi connectivity index (χ4v) is 3.87. The van der Waals surface area contributed by atoms with E-state index in [2.05, 4.69) is 16.0 Å². The fourth-order valence-electron chi connectivity index (χ4n) is 3.87. The third-order valence-corrected chi connectivity index (χ3v) is 5.50. The lowest BCUT2D eigenvalue weighted by Crippen LogP contribution is -2.33. The molecule has 3 aromatic rings. The number of benzene rings is 1. The molecule has 11 heteroatoms. The zero-order valence-electron chi connectivity index (χ0n) is 20.0. The Bertz CT molecular complexity index is 1170. The van der Waals surface area contributed by atoms with Crippen molar-refractivity contribution in [3.8, 4) is 0 Å². The first kappa shape index (κ1) is 26.3. The number of carboxylic acids is 2. The maximum absolute atomic E-state index is 12.0. The second-order valence-electron chi connectivity index (χ2n) is 8.06. The van der Waals surface area contributed by atoms with Crippen molar-refractivity contribution in [1.82, 2.24) is 14.5 Å². The number of imidazole rings is 1. The van der Waals surface area contributed by atoms with Gasteiger partial charge in [-0.25, -0.2) is 19.4 Å². The van der Waals surface area contributed by atoms with Gasteiger partial charge in [0.15, 0.2) is 0 Å². The van der Waals surface area contributed by atoms with E-state index in [4.69, 9.17) is 24.4 Å². The van der Waals surface area contributed by atoms with E-state index in [9.17, 15) is 14.4 Å². The van der Waals surface area contributed by atoms with Crippen molar-refractivity contribution in [2.45, 2.75) is 38.8 Å². The molecule has 192 valence electrons. The van der Waals surface area contributed by atoms with Crippen LogP contribution < -0.4 is 5.32 Å². The minimum Gasteiger partial charge on any atom is -0.478 e. The van der Waals surface area contributed by atoms with E-state index >= 15 is 0 Å². The van der Waals surface area contributed by atoms with E-state index in [1.807, 2.05) is 37.3 Å². The third kappa shape index (κ3) is 7.62. The molecule has 1 aliphatic rings. The largest absolute Gasteiger partial charge is 0.478 e. The molecule has 1 atom stereocenters. The predicted molar refractivity (Wildman–Crippen MR) is 132 cm³/mol. The number of hydrogen-bond acceptors (Lipinski definition) is 7. The smallest absolute Gasteiger partial charge is 0.409 e. The third-order valence-electron chi connectivity index (χ3n) is 5.50. The van der Waals surface area contributed by atoms with E-state index in [1.165, 1.54) is 0 Å². The molecule has 1 aromatic carbocycles. The van der Waals surface area contributed by atoms with Gasteiger partial charge in [0.1, 0.15) is 5.76 Å². The van der Waals surface area contributed by atoms with E-state index in [0.717, 1.165) is 48.5 Å². The van der Waals surface area contributed by atoms with Crippen molar-refractivity contribution in [3.05, 3.63) is 60.6 Å². The molecule has 3 heterocycles. The van der Waals surface area contributed by atoms with Gasteiger partial charge in [0.2, 0.25) is 5.95 Å². The Hall–Kier alpha value is -4.28. The Morgan fingerprint density at radius 3 is 2.53 bits per heavy atom. The number of aromatic nitrogens is 2. The van der Waals surface area contributed by atoms with Gasteiger partial charge in [0.25, 0.3) is 0 Å². The number of fused-ring (bicyclic) bond motifs is 1. The Kier molecular flexibility index (Phi) is 9.49. The summed E-state index contributed by atoms with van der Waals surface area (Å²) in [5.74, 6) is -0.785. The lowest BCUT2D eigenvalue weighted by molar-refractivity contribution is -0.134. The van der Waals surface area contributed by atoms with Crippen LogP contribution in [0.3, 0.4) is 0 Å². The van der Waals surface area contributed by atoms with Gasteiger partial charge in [0, 0.05) is 31.3 Å². The standard InChI is InChI=1S/C21H26N4O3.C4H4O4/c1-2-27-21(26)24-12-5-7-16(11-13-24)22-20-23-18-9-3-4-10-19(18)25(20)15-17-8-6-14-28-17;5-3(6)1-2-4(7)8/h3-4,6,8-10,14,16H,2,5,7,11-13,15H2,1H3,(H,22,23);1-2H,(H,5,6)(H,7,8). The number of aliphatic carboxylic acids is 2. The number of carboxylic acid groups (broad SMARTS) is 2. The van der Waals surface area contributed by atoms with Crippen molar-refractivity contribution in [1.29, 1.82) is 0 Å². The van der Waals surface area contributed by atoms with E-state index in [-0.39, 0.29) is 12.1 Å². The van der Waals surface area contributed by atoms with Gasteiger partial charge in [-0.3, -0.25) is 0 Å². The zero-order chi connectivity index (χ0) is 25.9. The maximum Gasteiger partial charge on any atom is 0.409 e. The van der Waals surface area contributed by atoms with Gasteiger partial charge in [-0.05, 0) is 50.5 Å². The minimum atomic E-state index is -1.26. The normalized spacial score (nSPS) is 15.7.